The molecule has 1 aliphatic rings. The van der Waals surface area contributed by atoms with Gasteiger partial charge in [-0.05, 0) is 40.9 Å². The second-order valence-electron chi connectivity index (χ2n) is 3.05. The predicted octanol–water partition coefficient (Wildman–Crippen LogP) is 2.21. The molecule has 4 nitrogen and oxygen atoms in total. The van der Waals surface area contributed by atoms with Gasteiger partial charge in [0.15, 0.2) is 10.4 Å². The van der Waals surface area contributed by atoms with E-state index in [1.54, 1.807) is 12.1 Å². The fraction of sp³-hybridized carbons (Fsp3) is 0.444. The van der Waals surface area contributed by atoms with Crippen LogP contribution in [0, 0.1) is 0 Å². The van der Waals surface area contributed by atoms with Crippen LogP contribution in [0.5, 0.6) is 0 Å². The summed E-state index contributed by atoms with van der Waals surface area (Å²) in [7, 11) is 0. The van der Waals surface area contributed by atoms with Gasteiger partial charge in [-0.15, -0.1) is 0 Å². The minimum Gasteiger partial charge on any atom is -0.444 e. The monoisotopic (exact) mass is 259 g/mol. The number of hydrogen-bond acceptors (Lipinski definition) is 3. The van der Waals surface area contributed by atoms with Crippen LogP contribution in [0.1, 0.15) is 23.4 Å². The van der Waals surface area contributed by atoms with Gasteiger partial charge in [0.05, 0.1) is 6.61 Å². The number of carbonyl (C=O) groups excluding carboxylic acids is 1. The van der Waals surface area contributed by atoms with E-state index in [1.165, 1.54) is 5.06 Å². The molecule has 1 amide bonds. The molecule has 76 valence electrons. The summed E-state index contributed by atoms with van der Waals surface area (Å²) in [6.45, 7) is 1.24. The molecule has 0 radical (unpaired) electrons. The molecule has 1 saturated heterocycles. The highest BCUT2D eigenvalue weighted by molar-refractivity contribution is 9.10. The standard InChI is InChI=1S/C9H10BrNO3/c10-8-4-3-7(14-8)9(12)11-5-1-2-6-13-11/h3-4H,1-2,5-6H2. The topological polar surface area (TPSA) is 42.7 Å². The summed E-state index contributed by atoms with van der Waals surface area (Å²) in [5, 5.41) is 1.36. The Kier molecular flexibility index (Phi) is 2.88. The summed E-state index contributed by atoms with van der Waals surface area (Å²) in [4.78, 5) is 16.9. The number of carbonyl (C=O) groups is 1. The molecule has 0 atom stereocenters. The molecule has 0 aromatic carbocycles. The van der Waals surface area contributed by atoms with E-state index in [1.807, 2.05) is 0 Å². The van der Waals surface area contributed by atoms with Gasteiger partial charge in [0, 0.05) is 6.54 Å². The van der Waals surface area contributed by atoms with E-state index in [4.69, 9.17) is 9.25 Å². The average molecular weight is 260 g/mol. The minimum absolute atomic E-state index is 0.213. The van der Waals surface area contributed by atoms with Crippen molar-refractivity contribution < 1.29 is 14.0 Å². The molecular formula is C9H10BrNO3. The second kappa shape index (κ2) is 4.14. The Labute approximate surface area is 89.9 Å². The maximum atomic E-state index is 11.7. The van der Waals surface area contributed by atoms with Crippen molar-refractivity contribution in [3.63, 3.8) is 0 Å². The lowest BCUT2D eigenvalue weighted by atomic mass is 10.3. The Hall–Kier alpha value is -0.810. The Morgan fingerprint density at radius 1 is 1.43 bits per heavy atom. The Bertz CT molecular complexity index is 331. The molecule has 1 aromatic heterocycles. The van der Waals surface area contributed by atoms with Crippen LogP contribution in [0.25, 0.3) is 0 Å². The van der Waals surface area contributed by atoms with E-state index in [2.05, 4.69) is 15.9 Å². The highest BCUT2D eigenvalue weighted by Crippen LogP contribution is 2.17. The second-order valence-corrected chi connectivity index (χ2v) is 3.83. The highest BCUT2D eigenvalue weighted by atomic mass is 79.9. The molecule has 2 rings (SSSR count). The predicted molar refractivity (Wildman–Crippen MR) is 52.6 cm³/mol. The molecule has 0 N–H and O–H groups in total. The summed E-state index contributed by atoms with van der Waals surface area (Å²) in [6, 6.07) is 3.32. The summed E-state index contributed by atoms with van der Waals surface area (Å²) in [5.74, 6) is 0.0918. The molecular weight excluding hydrogens is 250 g/mol. The minimum atomic E-state index is -0.213. The molecule has 14 heavy (non-hydrogen) atoms. The zero-order valence-corrected chi connectivity index (χ0v) is 9.12. The molecule has 2 heterocycles. The van der Waals surface area contributed by atoms with E-state index in [9.17, 15) is 4.79 Å². The fourth-order valence-corrected chi connectivity index (χ4v) is 1.62. The van der Waals surface area contributed by atoms with Crippen LogP contribution in [0.2, 0.25) is 0 Å². The molecule has 0 spiro atoms. The first-order valence-electron chi connectivity index (χ1n) is 4.47. The van der Waals surface area contributed by atoms with Crippen LogP contribution in [0.4, 0.5) is 0 Å². The third-order valence-electron chi connectivity index (χ3n) is 2.01. The van der Waals surface area contributed by atoms with Gasteiger partial charge in [-0.3, -0.25) is 9.63 Å². The Balaban J connectivity index is 2.07. The van der Waals surface area contributed by atoms with Crippen LogP contribution in [-0.4, -0.2) is 24.1 Å². The third-order valence-corrected chi connectivity index (χ3v) is 2.44. The van der Waals surface area contributed by atoms with Crippen LogP contribution in [0.3, 0.4) is 0 Å². The zero-order valence-electron chi connectivity index (χ0n) is 7.53. The van der Waals surface area contributed by atoms with Gasteiger partial charge in [-0.1, -0.05) is 0 Å². The van der Waals surface area contributed by atoms with E-state index in [-0.39, 0.29) is 5.91 Å². The quantitative estimate of drug-likeness (QED) is 0.777. The highest BCUT2D eigenvalue weighted by Gasteiger charge is 2.21. The fourth-order valence-electron chi connectivity index (χ4n) is 1.31. The summed E-state index contributed by atoms with van der Waals surface area (Å²) >= 11 is 3.15. The average Bonchev–Trinajstić information content (AvgIpc) is 2.65. The molecule has 0 aliphatic carbocycles. The van der Waals surface area contributed by atoms with Gasteiger partial charge < -0.3 is 4.42 Å². The van der Waals surface area contributed by atoms with Crippen molar-refractivity contribution in [2.75, 3.05) is 13.2 Å². The number of amides is 1. The van der Waals surface area contributed by atoms with Crippen molar-refractivity contribution in [1.29, 1.82) is 0 Å². The number of furan rings is 1. The van der Waals surface area contributed by atoms with Crippen molar-refractivity contribution in [2.24, 2.45) is 0 Å². The summed E-state index contributed by atoms with van der Waals surface area (Å²) < 4.78 is 5.70. The SMILES string of the molecule is O=C(c1ccc(Br)o1)N1CCCCO1. The zero-order chi connectivity index (χ0) is 9.97. The number of hydrogen-bond donors (Lipinski definition) is 0. The van der Waals surface area contributed by atoms with E-state index >= 15 is 0 Å². The Morgan fingerprint density at radius 2 is 2.29 bits per heavy atom. The number of rotatable bonds is 1. The molecule has 1 fully saturated rings. The first kappa shape index (κ1) is 9.73. The lowest BCUT2D eigenvalue weighted by molar-refractivity contribution is -0.145. The molecule has 5 heteroatoms. The van der Waals surface area contributed by atoms with Crippen molar-refractivity contribution in [1.82, 2.24) is 5.06 Å². The number of halogens is 1. The van der Waals surface area contributed by atoms with E-state index in [0.717, 1.165) is 12.8 Å². The van der Waals surface area contributed by atoms with Gasteiger partial charge >= 0.3 is 5.91 Å². The smallest absolute Gasteiger partial charge is 0.313 e. The lowest BCUT2D eigenvalue weighted by Gasteiger charge is -2.24. The van der Waals surface area contributed by atoms with Gasteiger partial charge in [0.25, 0.3) is 0 Å². The molecule has 1 aliphatic heterocycles. The number of hydroxylamine groups is 2. The van der Waals surface area contributed by atoms with Crippen molar-refractivity contribution in [2.45, 2.75) is 12.8 Å². The number of nitrogens with zero attached hydrogens (tertiary/aromatic N) is 1. The Morgan fingerprint density at radius 3 is 2.86 bits per heavy atom. The molecule has 0 saturated carbocycles. The van der Waals surface area contributed by atoms with Crippen LogP contribution >= 0.6 is 15.9 Å². The van der Waals surface area contributed by atoms with Crippen molar-refractivity contribution in [3.8, 4) is 0 Å². The van der Waals surface area contributed by atoms with Crippen molar-refractivity contribution >= 4 is 21.8 Å². The van der Waals surface area contributed by atoms with Crippen molar-refractivity contribution in [3.05, 3.63) is 22.6 Å². The third kappa shape index (κ3) is 1.99. The van der Waals surface area contributed by atoms with Crippen LogP contribution in [-0.2, 0) is 4.84 Å². The van der Waals surface area contributed by atoms with Crippen LogP contribution in [0.15, 0.2) is 21.2 Å². The van der Waals surface area contributed by atoms with Gasteiger partial charge in [0.1, 0.15) is 0 Å². The first-order valence-corrected chi connectivity index (χ1v) is 5.27. The van der Waals surface area contributed by atoms with E-state index in [0.29, 0.717) is 23.6 Å². The summed E-state index contributed by atoms with van der Waals surface area (Å²) in [5.41, 5.74) is 0. The maximum Gasteiger partial charge on any atom is 0.313 e. The first-order chi connectivity index (χ1) is 6.77. The maximum absolute atomic E-state index is 11.7. The van der Waals surface area contributed by atoms with Gasteiger partial charge in [-0.2, -0.15) is 0 Å². The lowest BCUT2D eigenvalue weighted by Crippen LogP contribution is -2.35. The van der Waals surface area contributed by atoms with Crippen LogP contribution < -0.4 is 0 Å². The molecule has 1 aromatic rings. The largest absolute Gasteiger partial charge is 0.444 e. The normalized spacial score (nSPS) is 17.1. The molecule has 0 bridgehead atoms. The molecule has 0 unspecified atom stereocenters. The summed E-state index contributed by atoms with van der Waals surface area (Å²) in [6.07, 6.45) is 1.99. The van der Waals surface area contributed by atoms with Gasteiger partial charge in [-0.25, -0.2) is 5.06 Å². The van der Waals surface area contributed by atoms with Gasteiger partial charge in [0.2, 0.25) is 0 Å². The van der Waals surface area contributed by atoms with E-state index < -0.39 is 0 Å².